The number of rotatable bonds is 5. The fraction of sp³-hybridized carbons (Fsp3) is 0.650. The van der Waals surface area contributed by atoms with E-state index in [9.17, 15) is 4.79 Å². The Kier molecular flexibility index (Phi) is 6.75. The van der Waals surface area contributed by atoms with Crippen molar-refractivity contribution in [2.24, 2.45) is 5.73 Å². The fourth-order valence-electron chi connectivity index (χ4n) is 4.41. The maximum Gasteiger partial charge on any atom is 0.240 e. The van der Waals surface area contributed by atoms with Gasteiger partial charge >= 0.3 is 0 Å². The van der Waals surface area contributed by atoms with E-state index in [-0.39, 0.29) is 23.7 Å². The van der Waals surface area contributed by atoms with Gasteiger partial charge in [0, 0.05) is 12.0 Å². The lowest BCUT2D eigenvalue weighted by Crippen LogP contribution is -2.56. The normalized spacial score (nSPS) is 21.2. The molecule has 0 spiro atoms. The molecule has 5 heteroatoms. The molecule has 2 aliphatic rings. The Morgan fingerprint density at radius 1 is 1.12 bits per heavy atom. The van der Waals surface area contributed by atoms with Crippen LogP contribution in [0.2, 0.25) is 0 Å². The molecule has 3 N–H and O–H groups in total. The monoisotopic (exact) mass is 366 g/mol. The number of hydrogen-bond donors (Lipinski definition) is 2. The van der Waals surface area contributed by atoms with E-state index in [2.05, 4.69) is 17.4 Å². The van der Waals surface area contributed by atoms with Crippen LogP contribution < -0.4 is 15.8 Å². The summed E-state index contributed by atoms with van der Waals surface area (Å²) in [7, 11) is 1.70. The Hall–Kier alpha value is -1.26. The highest BCUT2D eigenvalue weighted by Crippen LogP contribution is 2.41. The number of ether oxygens (including phenoxy) is 1. The van der Waals surface area contributed by atoms with Gasteiger partial charge in [-0.3, -0.25) is 4.79 Å². The summed E-state index contributed by atoms with van der Waals surface area (Å²) in [4.78, 5) is 12.7. The van der Waals surface area contributed by atoms with Crippen LogP contribution in [-0.4, -0.2) is 25.1 Å². The molecule has 0 bridgehead atoms. The van der Waals surface area contributed by atoms with Crippen LogP contribution in [0.1, 0.15) is 63.4 Å². The van der Waals surface area contributed by atoms with Crippen molar-refractivity contribution < 1.29 is 9.53 Å². The predicted octanol–water partition coefficient (Wildman–Crippen LogP) is 3.71. The highest BCUT2D eigenvalue weighted by atomic mass is 35.5. The van der Waals surface area contributed by atoms with Crippen LogP contribution in [0.25, 0.3) is 0 Å². The molecule has 1 aromatic carbocycles. The average Bonchev–Trinajstić information content (AvgIpc) is 3.10. The molecular weight excluding hydrogens is 336 g/mol. The zero-order chi connectivity index (χ0) is 17.0. The van der Waals surface area contributed by atoms with Crippen LogP contribution in [0.5, 0.6) is 5.75 Å². The minimum atomic E-state index is -0.660. The molecule has 3 rings (SSSR count). The Morgan fingerprint density at radius 3 is 2.40 bits per heavy atom. The Morgan fingerprint density at radius 2 is 1.76 bits per heavy atom. The molecule has 0 heterocycles. The second-order valence-corrected chi connectivity index (χ2v) is 7.62. The van der Waals surface area contributed by atoms with E-state index in [1.807, 2.05) is 12.1 Å². The van der Waals surface area contributed by atoms with E-state index in [1.54, 1.807) is 7.11 Å². The zero-order valence-corrected chi connectivity index (χ0v) is 16.0. The first-order valence-electron chi connectivity index (χ1n) is 9.30. The summed E-state index contributed by atoms with van der Waals surface area (Å²) in [5.41, 5.74) is 7.02. The van der Waals surface area contributed by atoms with E-state index < -0.39 is 5.54 Å². The van der Waals surface area contributed by atoms with Crippen molar-refractivity contribution in [3.05, 3.63) is 29.8 Å². The number of amides is 1. The van der Waals surface area contributed by atoms with Gasteiger partial charge in [-0.1, -0.05) is 44.2 Å². The van der Waals surface area contributed by atoms with Crippen LogP contribution in [0, 0.1) is 0 Å². The van der Waals surface area contributed by atoms with Gasteiger partial charge < -0.3 is 15.8 Å². The molecule has 2 fully saturated rings. The van der Waals surface area contributed by atoms with Gasteiger partial charge in [0.25, 0.3) is 0 Å². The first-order chi connectivity index (χ1) is 11.6. The molecule has 0 aromatic heterocycles. The lowest BCUT2D eigenvalue weighted by molar-refractivity contribution is -0.127. The van der Waals surface area contributed by atoms with Crippen LogP contribution >= 0.6 is 12.4 Å². The van der Waals surface area contributed by atoms with Crippen molar-refractivity contribution in [1.29, 1.82) is 0 Å². The Bertz CT molecular complexity index is 579. The van der Waals surface area contributed by atoms with Crippen LogP contribution in [0.4, 0.5) is 0 Å². The third kappa shape index (κ3) is 4.29. The van der Waals surface area contributed by atoms with Crippen molar-refractivity contribution in [3.63, 3.8) is 0 Å². The van der Waals surface area contributed by atoms with Gasteiger partial charge in [0.2, 0.25) is 5.91 Å². The van der Waals surface area contributed by atoms with Crippen LogP contribution in [0.3, 0.4) is 0 Å². The summed E-state index contributed by atoms with van der Waals surface area (Å²) in [5, 5.41) is 3.21. The quantitative estimate of drug-likeness (QED) is 0.834. The Balaban J connectivity index is 0.00000225. The molecular formula is C20H31ClN2O2. The van der Waals surface area contributed by atoms with Gasteiger partial charge in [-0.15, -0.1) is 12.4 Å². The molecule has 0 unspecified atom stereocenters. The predicted molar refractivity (Wildman–Crippen MR) is 103 cm³/mol. The standard InChI is InChI=1S/C20H30N2O2.ClH/c1-24-17-9-7-8-16(14-17)19(10-5-6-11-19)15-22-18(23)20(21)12-3-2-4-13-20;/h7-9,14H,2-6,10-13,15,21H2,1H3,(H,22,23);1H. The zero-order valence-electron chi connectivity index (χ0n) is 15.2. The maximum absolute atomic E-state index is 12.7. The van der Waals surface area contributed by atoms with E-state index in [4.69, 9.17) is 10.5 Å². The minimum Gasteiger partial charge on any atom is -0.497 e. The topological polar surface area (TPSA) is 64.3 Å². The van der Waals surface area contributed by atoms with Gasteiger partial charge in [-0.2, -0.15) is 0 Å². The average molecular weight is 367 g/mol. The highest BCUT2D eigenvalue weighted by molar-refractivity contribution is 5.86. The summed E-state index contributed by atoms with van der Waals surface area (Å²) in [6.07, 6.45) is 9.57. The van der Waals surface area contributed by atoms with Gasteiger partial charge in [0.05, 0.1) is 12.6 Å². The molecule has 0 atom stereocenters. The summed E-state index contributed by atoms with van der Waals surface area (Å²) in [5.74, 6) is 0.920. The molecule has 0 saturated heterocycles. The number of nitrogens with two attached hydrogens (primary N) is 1. The lowest BCUT2D eigenvalue weighted by Gasteiger charge is -2.35. The summed E-state index contributed by atoms with van der Waals surface area (Å²) in [6.45, 7) is 0.679. The molecule has 4 nitrogen and oxygen atoms in total. The molecule has 140 valence electrons. The first kappa shape index (κ1) is 20.1. The van der Waals surface area contributed by atoms with Crippen molar-refractivity contribution in [1.82, 2.24) is 5.32 Å². The summed E-state index contributed by atoms with van der Waals surface area (Å²) < 4.78 is 5.39. The van der Waals surface area contributed by atoms with Crippen molar-refractivity contribution in [2.45, 2.75) is 68.7 Å². The largest absolute Gasteiger partial charge is 0.497 e. The molecule has 0 radical (unpaired) electrons. The number of carbonyl (C=O) groups excluding carboxylic acids is 1. The fourth-order valence-corrected chi connectivity index (χ4v) is 4.41. The smallest absolute Gasteiger partial charge is 0.240 e. The Labute approximate surface area is 157 Å². The maximum atomic E-state index is 12.7. The SMILES string of the molecule is COc1cccc(C2(CNC(=O)C3(N)CCCCC3)CCCC2)c1.Cl. The number of carbonyl (C=O) groups is 1. The van der Waals surface area contributed by atoms with Crippen molar-refractivity contribution >= 4 is 18.3 Å². The summed E-state index contributed by atoms with van der Waals surface area (Å²) >= 11 is 0. The third-order valence-corrected chi connectivity index (χ3v) is 6.03. The second-order valence-electron chi connectivity index (χ2n) is 7.62. The number of methoxy groups -OCH3 is 1. The van der Waals surface area contributed by atoms with Crippen molar-refractivity contribution in [3.8, 4) is 5.75 Å². The third-order valence-electron chi connectivity index (χ3n) is 6.03. The van der Waals surface area contributed by atoms with Crippen LogP contribution in [0.15, 0.2) is 24.3 Å². The molecule has 1 amide bonds. The second kappa shape index (κ2) is 8.41. The highest BCUT2D eigenvalue weighted by Gasteiger charge is 2.39. The van der Waals surface area contributed by atoms with E-state index in [0.717, 1.165) is 44.3 Å². The summed E-state index contributed by atoms with van der Waals surface area (Å²) in [6, 6.07) is 8.30. The lowest BCUT2D eigenvalue weighted by atomic mass is 9.77. The molecule has 2 aliphatic carbocycles. The number of nitrogens with one attached hydrogen (secondary N) is 1. The molecule has 0 aliphatic heterocycles. The van der Waals surface area contributed by atoms with Crippen LogP contribution in [-0.2, 0) is 10.2 Å². The van der Waals surface area contributed by atoms with E-state index >= 15 is 0 Å². The van der Waals surface area contributed by atoms with Gasteiger partial charge in [0.1, 0.15) is 5.75 Å². The minimum absolute atomic E-state index is 0. The van der Waals surface area contributed by atoms with Gasteiger partial charge in [-0.25, -0.2) is 0 Å². The van der Waals surface area contributed by atoms with E-state index in [0.29, 0.717) is 6.54 Å². The van der Waals surface area contributed by atoms with Crippen molar-refractivity contribution in [2.75, 3.05) is 13.7 Å². The van der Waals surface area contributed by atoms with Gasteiger partial charge in [0.15, 0.2) is 0 Å². The number of halogens is 1. The van der Waals surface area contributed by atoms with E-state index in [1.165, 1.54) is 24.8 Å². The van der Waals surface area contributed by atoms with Gasteiger partial charge in [-0.05, 0) is 43.4 Å². The number of benzene rings is 1. The first-order valence-corrected chi connectivity index (χ1v) is 9.30. The molecule has 1 aromatic rings. The number of hydrogen-bond acceptors (Lipinski definition) is 3. The molecule has 25 heavy (non-hydrogen) atoms. The molecule has 2 saturated carbocycles.